The molecule has 0 radical (unpaired) electrons. The summed E-state index contributed by atoms with van der Waals surface area (Å²) in [7, 11) is 0. The van der Waals surface area contributed by atoms with Crippen molar-refractivity contribution in [3.8, 4) is 0 Å². The van der Waals surface area contributed by atoms with Crippen molar-refractivity contribution in [2.45, 2.75) is 89.9 Å². The molecule has 1 atom stereocenters. The van der Waals surface area contributed by atoms with Crippen LogP contribution in [0.15, 0.2) is 0 Å². The highest BCUT2D eigenvalue weighted by Crippen LogP contribution is 2.13. The van der Waals surface area contributed by atoms with Crippen LogP contribution in [0.1, 0.15) is 84.5 Å². The Balaban J connectivity index is 0. The lowest BCUT2D eigenvalue weighted by Gasteiger charge is -2.03. The summed E-state index contributed by atoms with van der Waals surface area (Å²) in [6.45, 7) is 4.37. The van der Waals surface area contributed by atoms with E-state index in [1.807, 2.05) is 0 Å². The first kappa shape index (κ1) is 18.6. The first-order chi connectivity index (χ1) is 7.27. The summed E-state index contributed by atoms with van der Waals surface area (Å²) in [6, 6.07) is 0. The van der Waals surface area contributed by atoms with Crippen molar-refractivity contribution < 1.29 is 0 Å². The number of halogens is 1. The quantitative estimate of drug-likeness (QED) is 0.349. The van der Waals surface area contributed by atoms with Gasteiger partial charge in [0.2, 0.25) is 0 Å². The van der Waals surface area contributed by atoms with Crippen molar-refractivity contribution in [2.24, 2.45) is 0 Å². The van der Waals surface area contributed by atoms with E-state index in [1.165, 1.54) is 70.6 Å². The maximum absolute atomic E-state index is 5.89. The van der Waals surface area contributed by atoms with Gasteiger partial charge in [-0.25, -0.2) is 0 Å². The smallest absolute Gasteiger partial charge is 0.0307 e. The number of hydrogen-bond acceptors (Lipinski definition) is 1. The normalized spacial score (nSPS) is 12.2. The summed E-state index contributed by atoms with van der Waals surface area (Å²) < 4.78 is 0. The van der Waals surface area contributed by atoms with Gasteiger partial charge in [0.1, 0.15) is 0 Å². The molecule has 0 aliphatic carbocycles. The summed E-state index contributed by atoms with van der Waals surface area (Å²) in [5.41, 5.74) is 0. The zero-order chi connectivity index (χ0) is 11.4. The van der Waals surface area contributed by atoms with Crippen LogP contribution in [0.4, 0.5) is 0 Å². The first-order valence-electron chi connectivity index (χ1n) is 6.91. The SMILES string of the molecule is CCCCCCCCCCCCC(C)Cl.N. The van der Waals surface area contributed by atoms with Gasteiger partial charge in [-0.3, -0.25) is 0 Å². The van der Waals surface area contributed by atoms with Crippen molar-refractivity contribution in [3.63, 3.8) is 0 Å². The minimum atomic E-state index is 0. The molecule has 0 saturated carbocycles. The molecule has 0 saturated heterocycles. The molecular weight excluding hydrogens is 218 g/mol. The Bertz CT molecular complexity index is 115. The van der Waals surface area contributed by atoms with E-state index in [2.05, 4.69) is 13.8 Å². The third-order valence-corrected chi connectivity index (χ3v) is 3.17. The van der Waals surface area contributed by atoms with Crippen LogP contribution in [0.25, 0.3) is 0 Å². The predicted octanol–water partition coefficient (Wildman–Crippen LogP) is 6.09. The summed E-state index contributed by atoms with van der Waals surface area (Å²) in [4.78, 5) is 0. The maximum Gasteiger partial charge on any atom is 0.0307 e. The molecule has 1 unspecified atom stereocenters. The largest absolute Gasteiger partial charge is 0.344 e. The van der Waals surface area contributed by atoms with Gasteiger partial charge in [0.05, 0.1) is 0 Å². The third-order valence-electron chi connectivity index (χ3n) is 2.96. The van der Waals surface area contributed by atoms with Crippen LogP contribution in [0.3, 0.4) is 0 Å². The van der Waals surface area contributed by atoms with Gasteiger partial charge in [0.25, 0.3) is 0 Å². The van der Waals surface area contributed by atoms with Crippen molar-refractivity contribution in [1.82, 2.24) is 6.15 Å². The molecule has 0 aromatic rings. The van der Waals surface area contributed by atoms with E-state index >= 15 is 0 Å². The Morgan fingerprint density at radius 3 is 1.50 bits per heavy atom. The lowest BCUT2D eigenvalue weighted by Crippen LogP contribution is -1.90. The molecule has 0 aromatic carbocycles. The molecule has 0 heterocycles. The Labute approximate surface area is 108 Å². The van der Waals surface area contributed by atoms with E-state index in [-0.39, 0.29) is 6.15 Å². The average molecular weight is 250 g/mol. The highest BCUT2D eigenvalue weighted by atomic mass is 35.5. The van der Waals surface area contributed by atoms with Gasteiger partial charge in [-0.05, 0) is 13.3 Å². The molecule has 100 valence electrons. The van der Waals surface area contributed by atoms with E-state index in [0.717, 1.165) is 0 Å². The van der Waals surface area contributed by atoms with Gasteiger partial charge < -0.3 is 6.15 Å². The van der Waals surface area contributed by atoms with Gasteiger partial charge in [-0.2, -0.15) is 0 Å². The van der Waals surface area contributed by atoms with Crippen molar-refractivity contribution in [2.75, 3.05) is 0 Å². The Morgan fingerprint density at radius 1 is 0.750 bits per heavy atom. The van der Waals surface area contributed by atoms with Crippen LogP contribution < -0.4 is 6.15 Å². The van der Waals surface area contributed by atoms with Crippen molar-refractivity contribution in [1.29, 1.82) is 0 Å². The third kappa shape index (κ3) is 16.7. The molecule has 0 spiro atoms. The second kappa shape index (κ2) is 15.2. The topological polar surface area (TPSA) is 35.0 Å². The average Bonchev–Trinajstić information content (AvgIpc) is 2.20. The standard InChI is InChI=1S/C14H29Cl.H3N/c1-3-4-5-6-7-8-9-10-11-12-13-14(2)15;/h14H,3-13H2,1-2H3;1H3. The van der Waals surface area contributed by atoms with Crippen LogP contribution in [-0.4, -0.2) is 5.38 Å². The highest BCUT2D eigenvalue weighted by molar-refractivity contribution is 6.20. The maximum atomic E-state index is 5.89. The van der Waals surface area contributed by atoms with Gasteiger partial charge in [-0.1, -0.05) is 71.1 Å². The molecule has 1 nitrogen and oxygen atoms in total. The fourth-order valence-electron chi connectivity index (χ4n) is 1.91. The van der Waals surface area contributed by atoms with E-state index in [0.29, 0.717) is 5.38 Å². The lowest BCUT2D eigenvalue weighted by molar-refractivity contribution is 0.548. The van der Waals surface area contributed by atoms with Crippen molar-refractivity contribution in [3.05, 3.63) is 0 Å². The molecule has 2 heteroatoms. The zero-order valence-corrected chi connectivity index (χ0v) is 12.2. The first-order valence-corrected chi connectivity index (χ1v) is 7.35. The van der Waals surface area contributed by atoms with Gasteiger partial charge in [-0.15, -0.1) is 11.6 Å². The van der Waals surface area contributed by atoms with Crippen LogP contribution in [0.5, 0.6) is 0 Å². The van der Waals surface area contributed by atoms with E-state index in [9.17, 15) is 0 Å². The van der Waals surface area contributed by atoms with Gasteiger partial charge >= 0.3 is 0 Å². The monoisotopic (exact) mass is 249 g/mol. The van der Waals surface area contributed by atoms with E-state index in [4.69, 9.17) is 11.6 Å². The number of alkyl halides is 1. The van der Waals surface area contributed by atoms with Crippen LogP contribution >= 0.6 is 11.6 Å². The molecule has 0 amide bonds. The summed E-state index contributed by atoms with van der Waals surface area (Å²) >= 11 is 5.89. The minimum absolute atomic E-state index is 0. The van der Waals surface area contributed by atoms with Crippen LogP contribution in [-0.2, 0) is 0 Å². The predicted molar refractivity (Wildman–Crippen MR) is 76.8 cm³/mol. The molecule has 0 aliphatic rings. The molecular formula is C14H32ClN. The van der Waals surface area contributed by atoms with Gasteiger partial charge in [0.15, 0.2) is 0 Å². The fourth-order valence-corrected chi connectivity index (χ4v) is 2.07. The second-order valence-corrected chi connectivity index (χ2v) is 5.50. The Kier molecular flexibility index (Phi) is 17.7. The van der Waals surface area contributed by atoms with Crippen LogP contribution in [0, 0.1) is 0 Å². The number of hydrogen-bond donors (Lipinski definition) is 1. The zero-order valence-electron chi connectivity index (χ0n) is 11.4. The van der Waals surface area contributed by atoms with Crippen LogP contribution in [0.2, 0.25) is 0 Å². The van der Waals surface area contributed by atoms with E-state index in [1.54, 1.807) is 0 Å². The second-order valence-electron chi connectivity index (χ2n) is 4.75. The molecule has 0 aromatic heterocycles. The lowest BCUT2D eigenvalue weighted by atomic mass is 10.1. The summed E-state index contributed by atoms with van der Waals surface area (Å²) in [5, 5.41) is 0.374. The Hall–Kier alpha value is 0.250. The molecule has 3 N–H and O–H groups in total. The minimum Gasteiger partial charge on any atom is -0.344 e. The summed E-state index contributed by atoms with van der Waals surface area (Å²) in [6.07, 6.45) is 15.3. The fraction of sp³-hybridized carbons (Fsp3) is 1.00. The highest BCUT2D eigenvalue weighted by Gasteiger charge is 1.96. The number of rotatable bonds is 11. The number of unbranched alkanes of at least 4 members (excludes halogenated alkanes) is 9. The molecule has 0 aliphatic heterocycles. The summed E-state index contributed by atoms with van der Waals surface area (Å²) in [5.74, 6) is 0. The van der Waals surface area contributed by atoms with Gasteiger partial charge in [0, 0.05) is 5.38 Å². The Morgan fingerprint density at radius 2 is 1.12 bits per heavy atom. The molecule has 0 fully saturated rings. The molecule has 0 rings (SSSR count). The molecule has 16 heavy (non-hydrogen) atoms. The molecule has 0 bridgehead atoms. The van der Waals surface area contributed by atoms with Crippen molar-refractivity contribution >= 4 is 11.6 Å². The van der Waals surface area contributed by atoms with E-state index < -0.39 is 0 Å².